The van der Waals surface area contributed by atoms with Gasteiger partial charge in [0.15, 0.2) is 17.3 Å². The van der Waals surface area contributed by atoms with E-state index in [9.17, 15) is 9.90 Å². The van der Waals surface area contributed by atoms with E-state index in [4.69, 9.17) is 9.47 Å². The number of nitrogens with zero attached hydrogens (tertiary/aromatic N) is 1. The molecule has 2 atom stereocenters. The van der Waals surface area contributed by atoms with Gasteiger partial charge < -0.3 is 14.6 Å². The lowest BCUT2D eigenvalue weighted by Gasteiger charge is -2.36. The zero-order chi connectivity index (χ0) is 19.2. The summed E-state index contributed by atoms with van der Waals surface area (Å²) in [7, 11) is 3.24. The number of piperidine rings is 1. The van der Waals surface area contributed by atoms with Gasteiger partial charge in [0.1, 0.15) is 6.23 Å². The number of ketones is 1. The molecule has 2 aromatic carbocycles. The topological polar surface area (TPSA) is 59.0 Å². The first-order valence-corrected chi connectivity index (χ1v) is 9.34. The van der Waals surface area contributed by atoms with Gasteiger partial charge in [0.2, 0.25) is 0 Å². The summed E-state index contributed by atoms with van der Waals surface area (Å²) < 4.78 is 10.6. The molecule has 0 aromatic heterocycles. The minimum atomic E-state index is -0.587. The Bertz CT molecular complexity index is 768. The van der Waals surface area contributed by atoms with Crippen LogP contribution in [0.1, 0.15) is 28.8 Å². The Morgan fingerprint density at radius 3 is 2.46 bits per heavy atom. The van der Waals surface area contributed by atoms with Gasteiger partial charge in [-0.25, -0.2) is 0 Å². The van der Waals surface area contributed by atoms with Gasteiger partial charge in [-0.1, -0.05) is 36.4 Å². The number of hydrogen-bond donors (Lipinski definition) is 1. The SMILES string of the molecule is COc1ccc(CCN2CCC(C(=O)c3ccccc3)CC2O)cc1OC.Cl. The number of hydrogen-bond acceptors (Lipinski definition) is 5. The summed E-state index contributed by atoms with van der Waals surface area (Å²) in [6.45, 7) is 1.46. The number of methoxy groups -OCH3 is 2. The average Bonchev–Trinajstić information content (AvgIpc) is 2.72. The third kappa shape index (κ3) is 5.25. The molecule has 2 unspecified atom stereocenters. The highest BCUT2D eigenvalue weighted by Crippen LogP contribution is 2.29. The number of aliphatic hydroxyl groups excluding tert-OH is 1. The first-order valence-electron chi connectivity index (χ1n) is 9.34. The molecular formula is C22H28ClNO4. The molecule has 1 fully saturated rings. The number of rotatable bonds is 7. The second-order valence-electron chi connectivity index (χ2n) is 6.91. The van der Waals surface area contributed by atoms with Crippen molar-refractivity contribution in [1.29, 1.82) is 0 Å². The van der Waals surface area contributed by atoms with Gasteiger partial charge in [-0.2, -0.15) is 0 Å². The van der Waals surface area contributed by atoms with Gasteiger partial charge in [-0.3, -0.25) is 9.69 Å². The van der Waals surface area contributed by atoms with E-state index in [0.717, 1.165) is 37.1 Å². The number of halogens is 1. The summed E-state index contributed by atoms with van der Waals surface area (Å²) in [4.78, 5) is 14.7. The van der Waals surface area contributed by atoms with Crippen molar-refractivity contribution in [1.82, 2.24) is 4.90 Å². The minimum absolute atomic E-state index is 0. The Labute approximate surface area is 172 Å². The lowest BCUT2D eigenvalue weighted by Crippen LogP contribution is -2.45. The van der Waals surface area contributed by atoms with Crippen LogP contribution < -0.4 is 9.47 Å². The maximum absolute atomic E-state index is 12.6. The van der Waals surface area contributed by atoms with Crippen molar-refractivity contribution in [2.75, 3.05) is 27.3 Å². The van der Waals surface area contributed by atoms with Crippen LogP contribution in [0.25, 0.3) is 0 Å². The highest BCUT2D eigenvalue weighted by Gasteiger charge is 2.31. The maximum atomic E-state index is 12.6. The molecule has 0 aliphatic carbocycles. The quantitative estimate of drug-likeness (QED) is 0.713. The van der Waals surface area contributed by atoms with Crippen molar-refractivity contribution in [2.45, 2.75) is 25.5 Å². The molecular weight excluding hydrogens is 378 g/mol. The van der Waals surface area contributed by atoms with Crippen molar-refractivity contribution in [3.05, 3.63) is 59.7 Å². The van der Waals surface area contributed by atoms with E-state index in [1.54, 1.807) is 14.2 Å². The lowest BCUT2D eigenvalue weighted by molar-refractivity contribution is -0.0372. The Hall–Kier alpha value is -2.08. The predicted molar refractivity (Wildman–Crippen MR) is 112 cm³/mol. The van der Waals surface area contributed by atoms with E-state index in [0.29, 0.717) is 17.9 Å². The fraction of sp³-hybridized carbons (Fsp3) is 0.409. The average molecular weight is 406 g/mol. The van der Waals surface area contributed by atoms with E-state index in [1.165, 1.54) is 0 Å². The van der Waals surface area contributed by atoms with Gasteiger partial charge in [-0.15, -0.1) is 12.4 Å². The minimum Gasteiger partial charge on any atom is -0.493 e. The number of benzene rings is 2. The van der Waals surface area contributed by atoms with Crippen LogP contribution in [0, 0.1) is 5.92 Å². The first kappa shape index (κ1) is 22.2. The molecule has 0 spiro atoms. The van der Waals surface area contributed by atoms with Gasteiger partial charge in [0, 0.05) is 24.6 Å². The lowest BCUT2D eigenvalue weighted by atomic mass is 9.88. The Morgan fingerprint density at radius 2 is 1.82 bits per heavy atom. The molecule has 1 aliphatic rings. The Balaban J connectivity index is 0.00000280. The molecule has 152 valence electrons. The van der Waals surface area contributed by atoms with Crippen LogP contribution in [0.4, 0.5) is 0 Å². The molecule has 3 rings (SSSR count). The Morgan fingerprint density at radius 1 is 1.11 bits per heavy atom. The van der Waals surface area contributed by atoms with E-state index in [-0.39, 0.29) is 24.1 Å². The van der Waals surface area contributed by atoms with Crippen molar-refractivity contribution >= 4 is 18.2 Å². The van der Waals surface area contributed by atoms with Crippen LogP contribution in [-0.4, -0.2) is 49.3 Å². The fourth-order valence-corrected chi connectivity index (χ4v) is 3.64. The van der Waals surface area contributed by atoms with Crippen LogP contribution in [0.2, 0.25) is 0 Å². The van der Waals surface area contributed by atoms with E-state index >= 15 is 0 Å². The molecule has 5 nitrogen and oxygen atoms in total. The van der Waals surface area contributed by atoms with Crippen molar-refractivity contribution in [3.8, 4) is 11.5 Å². The number of carbonyl (C=O) groups excluding carboxylic acids is 1. The first-order chi connectivity index (χ1) is 13.1. The van der Waals surface area contributed by atoms with Crippen LogP contribution >= 0.6 is 12.4 Å². The van der Waals surface area contributed by atoms with Gasteiger partial charge in [0.05, 0.1) is 14.2 Å². The third-order valence-corrected chi connectivity index (χ3v) is 5.25. The Kier molecular flexibility index (Phi) is 8.30. The monoisotopic (exact) mass is 405 g/mol. The van der Waals surface area contributed by atoms with E-state index in [1.807, 2.05) is 53.4 Å². The molecule has 0 bridgehead atoms. The third-order valence-electron chi connectivity index (χ3n) is 5.25. The molecule has 0 amide bonds. The number of aliphatic hydroxyl groups is 1. The number of likely N-dealkylation sites (tertiary alicyclic amines) is 1. The summed E-state index contributed by atoms with van der Waals surface area (Å²) in [5, 5.41) is 10.5. The van der Waals surface area contributed by atoms with E-state index < -0.39 is 6.23 Å². The molecule has 0 radical (unpaired) electrons. The number of Topliss-reactive ketones (excluding diaryl/α,β-unsaturated/α-hetero) is 1. The number of ether oxygens (including phenoxy) is 2. The molecule has 0 saturated carbocycles. The summed E-state index contributed by atoms with van der Waals surface area (Å²) >= 11 is 0. The van der Waals surface area contributed by atoms with Crippen LogP contribution in [0.15, 0.2) is 48.5 Å². The smallest absolute Gasteiger partial charge is 0.166 e. The van der Waals surface area contributed by atoms with Gasteiger partial charge >= 0.3 is 0 Å². The molecule has 28 heavy (non-hydrogen) atoms. The largest absolute Gasteiger partial charge is 0.493 e. The number of carbonyl (C=O) groups is 1. The fourth-order valence-electron chi connectivity index (χ4n) is 3.64. The second-order valence-corrected chi connectivity index (χ2v) is 6.91. The summed E-state index contributed by atoms with van der Waals surface area (Å²) in [5.74, 6) is 1.44. The van der Waals surface area contributed by atoms with Crippen LogP contribution in [0.5, 0.6) is 11.5 Å². The standard InChI is InChI=1S/C22H27NO4.ClH/c1-26-19-9-8-16(14-20(19)27-2)10-12-23-13-11-18(15-21(23)24)22(25)17-6-4-3-5-7-17;/h3-9,14,18,21,24H,10-13,15H2,1-2H3;1H. The van der Waals surface area contributed by atoms with Gasteiger partial charge in [0.25, 0.3) is 0 Å². The predicted octanol–water partition coefficient (Wildman–Crippen LogP) is 3.58. The van der Waals surface area contributed by atoms with Crippen LogP contribution in [0.3, 0.4) is 0 Å². The normalized spacial score (nSPS) is 19.5. The second kappa shape index (κ2) is 10.5. The zero-order valence-electron chi connectivity index (χ0n) is 16.3. The molecule has 6 heteroatoms. The highest BCUT2D eigenvalue weighted by molar-refractivity contribution is 5.97. The molecule has 1 saturated heterocycles. The summed E-state index contributed by atoms with van der Waals surface area (Å²) in [6.07, 6.45) is 1.47. The molecule has 1 N–H and O–H groups in total. The molecule has 1 heterocycles. The maximum Gasteiger partial charge on any atom is 0.166 e. The zero-order valence-corrected chi connectivity index (χ0v) is 17.2. The summed E-state index contributed by atoms with van der Waals surface area (Å²) in [5.41, 5.74) is 1.86. The van der Waals surface area contributed by atoms with E-state index in [2.05, 4.69) is 0 Å². The summed E-state index contributed by atoms with van der Waals surface area (Å²) in [6, 6.07) is 15.2. The highest BCUT2D eigenvalue weighted by atomic mass is 35.5. The van der Waals surface area contributed by atoms with Crippen molar-refractivity contribution in [3.63, 3.8) is 0 Å². The van der Waals surface area contributed by atoms with Crippen molar-refractivity contribution in [2.24, 2.45) is 5.92 Å². The van der Waals surface area contributed by atoms with Crippen molar-refractivity contribution < 1.29 is 19.4 Å². The molecule has 1 aliphatic heterocycles. The molecule has 2 aromatic rings. The van der Waals surface area contributed by atoms with Crippen LogP contribution in [-0.2, 0) is 6.42 Å². The van der Waals surface area contributed by atoms with Gasteiger partial charge in [-0.05, 0) is 37.0 Å².